The molecule has 0 amide bonds. The van der Waals surface area contributed by atoms with E-state index in [4.69, 9.17) is 15.0 Å². The molecule has 0 saturated heterocycles. The number of benzene rings is 6. The van der Waals surface area contributed by atoms with Crippen molar-refractivity contribution >= 4 is 21.8 Å². The minimum atomic E-state index is -5.10. The Morgan fingerprint density at radius 2 is 0.873 bits per heavy atom. The van der Waals surface area contributed by atoms with Gasteiger partial charge in [0.25, 0.3) is 0 Å². The molecule has 0 saturated carbocycles. The number of fused-ring (bicyclic) bond motifs is 3. The maximum Gasteiger partial charge on any atom is 0.416 e. The first-order valence-corrected chi connectivity index (χ1v) is 16.6. The van der Waals surface area contributed by atoms with Crippen molar-refractivity contribution in [2.45, 2.75) is 18.5 Å². The number of aromatic nitrogens is 4. The Hall–Kier alpha value is -6.50. The van der Waals surface area contributed by atoms with Crippen LogP contribution in [0.5, 0.6) is 0 Å². The standard InChI is InChI=1S/C42H23F9N4/c43-40(44,45)28-16-18-35-33(23-28)31-13-7-8-14-34(31)55(35)36-21-26(27-19-29(41(46,47)48)22-30(20-27)42(49,50)51)15-17-32(36)39-53-37(24-9-3-1-4-10-24)52-38(54-39)25-11-5-2-6-12-25/h1-23H. The van der Waals surface area contributed by atoms with Crippen molar-refractivity contribution in [3.05, 3.63) is 156 Å². The van der Waals surface area contributed by atoms with Crippen molar-refractivity contribution in [2.75, 3.05) is 0 Å². The van der Waals surface area contributed by atoms with Crippen LogP contribution in [0, 0.1) is 0 Å². The second-order valence-corrected chi connectivity index (χ2v) is 12.6. The van der Waals surface area contributed by atoms with Crippen molar-refractivity contribution in [3.8, 4) is 51.0 Å². The van der Waals surface area contributed by atoms with Gasteiger partial charge in [-0.3, -0.25) is 0 Å². The van der Waals surface area contributed by atoms with E-state index in [0.717, 1.165) is 12.1 Å². The highest BCUT2D eigenvalue weighted by Crippen LogP contribution is 2.43. The number of halogens is 9. The minimum absolute atomic E-state index is 0.0335. The van der Waals surface area contributed by atoms with E-state index in [0.29, 0.717) is 34.2 Å². The van der Waals surface area contributed by atoms with E-state index in [2.05, 4.69) is 0 Å². The molecule has 55 heavy (non-hydrogen) atoms. The van der Waals surface area contributed by atoms with Gasteiger partial charge in [0.1, 0.15) is 0 Å². The highest BCUT2D eigenvalue weighted by atomic mass is 19.4. The molecule has 0 atom stereocenters. The predicted octanol–water partition coefficient (Wildman–Crippen LogP) is 12.7. The lowest BCUT2D eigenvalue weighted by Crippen LogP contribution is -2.11. The van der Waals surface area contributed by atoms with Crippen LogP contribution >= 0.6 is 0 Å². The summed E-state index contributed by atoms with van der Waals surface area (Å²) in [7, 11) is 0. The van der Waals surface area contributed by atoms with Crippen molar-refractivity contribution < 1.29 is 39.5 Å². The number of alkyl halides is 9. The summed E-state index contributed by atoms with van der Waals surface area (Å²) in [6.45, 7) is 0. The molecule has 0 unspecified atom stereocenters. The molecule has 274 valence electrons. The Morgan fingerprint density at radius 3 is 1.44 bits per heavy atom. The number of para-hydroxylation sites is 1. The molecule has 0 aliphatic heterocycles. The van der Waals surface area contributed by atoms with Crippen molar-refractivity contribution in [1.29, 1.82) is 0 Å². The lowest BCUT2D eigenvalue weighted by atomic mass is 9.97. The van der Waals surface area contributed by atoms with E-state index in [-0.39, 0.29) is 56.8 Å². The van der Waals surface area contributed by atoms with Crippen LogP contribution in [0.1, 0.15) is 16.7 Å². The molecule has 0 radical (unpaired) electrons. The molecule has 0 aliphatic rings. The SMILES string of the molecule is FC(F)(F)c1cc(-c2ccc(-c3nc(-c4ccccc4)nc(-c4ccccc4)n3)c(-n3c4ccccc4c4cc(C(F)(F)F)ccc43)c2)cc(C(F)(F)F)c1. The number of hydrogen-bond acceptors (Lipinski definition) is 3. The maximum atomic E-state index is 14.0. The lowest BCUT2D eigenvalue weighted by molar-refractivity contribution is -0.143. The largest absolute Gasteiger partial charge is 0.416 e. The van der Waals surface area contributed by atoms with Gasteiger partial charge >= 0.3 is 18.5 Å². The zero-order valence-corrected chi connectivity index (χ0v) is 28.0. The monoisotopic (exact) mass is 754 g/mol. The predicted molar refractivity (Wildman–Crippen MR) is 191 cm³/mol. The van der Waals surface area contributed by atoms with Crippen LogP contribution in [0.15, 0.2) is 140 Å². The van der Waals surface area contributed by atoms with Gasteiger partial charge in [-0.2, -0.15) is 39.5 Å². The molecule has 0 bridgehead atoms. The lowest BCUT2D eigenvalue weighted by Gasteiger charge is -2.18. The van der Waals surface area contributed by atoms with Gasteiger partial charge < -0.3 is 4.57 Å². The third-order valence-corrected chi connectivity index (χ3v) is 9.10. The molecule has 4 nitrogen and oxygen atoms in total. The van der Waals surface area contributed by atoms with Crippen LogP contribution in [0.2, 0.25) is 0 Å². The van der Waals surface area contributed by atoms with Crippen LogP contribution in [0.3, 0.4) is 0 Å². The van der Waals surface area contributed by atoms with E-state index in [1.54, 1.807) is 77.4 Å². The molecular weight excluding hydrogens is 731 g/mol. The first kappa shape index (κ1) is 35.5. The molecule has 0 spiro atoms. The third kappa shape index (κ3) is 6.77. The smallest absolute Gasteiger partial charge is 0.308 e. The van der Waals surface area contributed by atoms with Crippen LogP contribution in [-0.2, 0) is 18.5 Å². The summed E-state index contributed by atoms with van der Waals surface area (Å²) in [6.07, 6.45) is -14.9. The maximum absolute atomic E-state index is 14.0. The second kappa shape index (κ2) is 13.1. The van der Waals surface area contributed by atoms with E-state index in [1.807, 2.05) is 12.1 Å². The Bertz CT molecular complexity index is 2630. The molecule has 8 aromatic rings. The zero-order valence-electron chi connectivity index (χ0n) is 28.0. The number of hydrogen-bond donors (Lipinski definition) is 0. The van der Waals surface area contributed by atoms with Gasteiger partial charge in [0.05, 0.1) is 33.4 Å². The van der Waals surface area contributed by atoms with E-state index < -0.39 is 35.2 Å². The summed E-state index contributed by atoms with van der Waals surface area (Å²) in [4.78, 5) is 14.3. The van der Waals surface area contributed by atoms with Gasteiger partial charge in [-0.05, 0) is 65.7 Å². The van der Waals surface area contributed by atoms with Gasteiger partial charge in [0.15, 0.2) is 17.5 Å². The van der Waals surface area contributed by atoms with E-state index in [9.17, 15) is 39.5 Å². The molecule has 0 N–H and O–H groups in total. The number of rotatable bonds is 5. The fraction of sp³-hybridized carbons (Fsp3) is 0.0714. The molecule has 8 rings (SSSR count). The Kier molecular flexibility index (Phi) is 8.47. The Labute approximate surface area is 306 Å². The van der Waals surface area contributed by atoms with Gasteiger partial charge in [-0.25, -0.2) is 15.0 Å². The third-order valence-electron chi connectivity index (χ3n) is 9.10. The molecule has 2 heterocycles. The topological polar surface area (TPSA) is 43.6 Å². The fourth-order valence-corrected chi connectivity index (χ4v) is 6.54. The summed E-state index contributed by atoms with van der Waals surface area (Å²) in [6, 6.07) is 33.2. The Balaban J connectivity index is 1.47. The van der Waals surface area contributed by atoms with E-state index in [1.165, 1.54) is 24.3 Å². The average molecular weight is 755 g/mol. The van der Waals surface area contributed by atoms with Crippen LogP contribution < -0.4 is 0 Å². The van der Waals surface area contributed by atoms with Gasteiger partial charge in [-0.15, -0.1) is 0 Å². The van der Waals surface area contributed by atoms with Crippen LogP contribution in [0.4, 0.5) is 39.5 Å². The first-order valence-electron chi connectivity index (χ1n) is 16.6. The molecule has 0 aliphatic carbocycles. The molecule has 2 aromatic heterocycles. The Morgan fingerprint density at radius 1 is 0.364 bits per heavy atom. The first-order chi connectivity index (χ1) is 26.1. The summed E-state index contributed by atoms with van der Waals surface area (Å²) in [5.74, 6) is 0.626. The average Bonchev–Trinajstić information content (AvgIpc) is 3.50. The van der Waals surface area contributed by atoms with Crippen molar-refractivity contribution in [2.24, 2.45) is 0 Å². The van der Waals surface area contributed by atoms with Crippen molar-refractivity contribution in [3.63, 3.8) is 0 Å². The zero-order chi connectivity index (χ0) is 38.7. The summed E-state index contributed by atoms with van der Waals surface area (Å²) in [5, 5.41) is 0.634. The van der Waals surface area contributed by atoms with Crippen molar-refractivity contribution in [1.82, 2.24) is 19.5 Å². The molecule has 0 fully saturated rings. The summed E-state index contributed by atoms with van der Waals surface area (Å²) >= 11 is 0. The molecule has 6 aromatic carbocycles. The van der Waals surface area contributed by atoms with Crippen LogP contribution in [-0.4, -0.2) is 19.5 Å². The van der Waals surface area contributed by atoms with E-state index >= 15 is 0 Å². The second-order valence-electron chi connectivity index (χ2n) is 12.6. The highest BCUT2D eigenvalue weighted by molar-refractivity contribution is 6.10. The van der Waals surface area contributed by atoms with Crippen LogP contribution in [0.25, 0.3) is 72.8 Å². The normalized spacial score (nSPS) is 12.5. The molecular formula is C42H23F9N4. The van der Waals surface area contributed by atoms with Gasteiger partial charge in [0.2, 0.25) is 0 Å². The summed E-state index contributed by atoms with van der Waals surface area (Å²) < 4.78 is 127. The molecule has 13 heteroatoms. The highest BCUT2D eigenvalue weighted by Gasteiger charge is 2.37. The quantitative estimate of drug-likeness (QED) is 0.164. The number of nitrogens with zero attached hydrogens (tertiary/aromatic N) is 4. The summed E-state index contributed by atoms with van der Waals surface area (Å²) in [5.41, 5.74) is -1.93. The fourth-order valence-electron chi connectivity index (χ4n) is 6.54. The minimum Gasteiger partial charge on any atom is -0.308 e. The van der Waals surface area contributed by atoms with Gasteiger partial charge in [0, 0.05) is 27.5 Å². The van der Waals surface area contributed by atoms with Gasteiger partial charge in [-0.1, -0.05) is 84.9 Å².